The second-order valence-corrected chi connectivity index (χ2v) is 4.44. The summed E-state index contributed by atoms with van der Waals surface area (Å²) in [4.78, 5) is 2.29. The normalized spacial score (nSPS) is 24.8. The predicted octanol–water partition coefficient (Wildman–Crippen LogP) is 1.46. The van der Waals surface area contributed by atoms with Gasteiger partial charge in [-0.3, -0.25) is 0 Å². The topological polar surface area (TPSA) is 29.3 Å². The van der Waals surface area contributed by atoms with E-state index in [0.717, 1.165) is 12.5 Å². The van der Waals surface area contributed by atoms with Crippen LogP contribution < -0.4 is 5.73 Å². The van der Waals surface area contributed by atoms with Gasteiger partial charge in [0.1, 0.15) is 0 Å². The zero-order valence-corrected chi connectivity index (χ0v) is 8.64. The third-order valence-electron chi connectivity index (χ3n) is 3.67. The maximum atomic E-state index is 5.85. The summed E-state index contributed by atoms with van der Waals surface area (Å²) in [6.07, 6.45) is 5.53. The summed E-state index contributed by atoms with van der Waals surface area (Å²) in [5.41, 5.74) is 6.08. The Morgan fingerprint density at radius 1 is 1.33 bits per heavy atom. The van der Waals surface area contributed by atoms with Crippen LogP contribution in [0.15, 0.2) is 0 Å². The Bertz CT molecular complexity index is 139. The Kier molecular flexibility index (Phi) is 3.13. The van der Waals surface area contributed by atoms with Gasteiger partial charge in [-0.15, -0.1) is 0 Å². The average Bonchev–Trinajstić information content (AvgIpc) is 2.54. The summed E-state index contributed by atoms with van der Waals surface area (Å²) in [6.45, 7) is 3.08. The monoisotopic (exact) mass is 170 g/mol. The quantitative estimate of drug-likeness (QED) is 0.694. The van der Waals surface area contributed by atoms with E-state index in [0.29, 0.717) is 0 Å². The molecule has 0 aromatic carbocycles. The van der Waals surface area contributed by atoms with Crippen LogP contribution in [0, 0.1) is 5.92 Å². The molecule has 0 aromatic rings. The molecule has 0 bridgehead atoms. The summed E-state index contributed by atoms with van der Waals surface area (Å²) >= 11 is 0. The molecule has 0 aromatic heterocycles. The van der Waals surface area contributed by atoms with Crippen LogP contribution in [0.5, 0.6) is 0 Å². The van der Waals surface area contributed by atoms with Crippen LogP contribution in [0.25, 0.3) is 0 Å². The van der Waals surface area contributed by atoms with Crippen molar-refractivity contribution in [2.45, 2.75) is 38.1 Å². The average molecular weight is 170 g/mol. The molecule has 0 aliphatic heterocycles. The molecule has 0 radical (unpaired) electrons. The summed E-state index contributed by atoms with van der Waals surface area (Å²) in [7, 11) is 4.29. The summed E-state index contributed by atoms with van der Waals surface area (Å²) in [6, 6.07) is 0. The van der Waals surface area contributed by atoms with Crippen molar-refractivity contribution in [1.29, 1.82) is 0 Å². The van der Waals surface area contributed by atoms with Crippen molar-refractivity contribution < 1.29 is 0 Å². The second-order valence-electron chi connectivity index (χ2n) is 4.44. The lowest BCUT2D eigenvalue weighted by atomic mass is 9.83. The van der Waals surface area contributed by atoms with Gasteiger partial charge < -0.3 is 10.6 Å². The lowest BCUT2D eigenvalue weighted by Crippen LogP contribution is -2.52. The molecule has 1 atom stereocenters. The minimum atomic E-state index is 0.233. The van der Waals surface area contributed by atoms with Crippen LogP contribution in [0.4, 0.5) is 0 Å². The summed E-state index contributed by atoms with van der Waals surface area (Å²) in [5, 5.41) is 0. The highest BCUT2D eigenvalue weighted by Gasteiger charge is 2.36. The number of hydrogen-bond donors (Lipinski definition) is 1. The molecule has 12 heavy (non-hydrogen) atoms. The molecule has 2 N–H and O–H groups in total. The number of hydrogen-bond acceptors (Lipinski definition) is 2. The molecule has 1 aliphatic carbocycles. The van der Waals surface area contributed by atoms with Gasteiger partial charge in [0.25, 0.3) is 0 Å². The Hall–Kier alpha value is -0.0800. The highest BCUT2D eigenvalue weighted by molar-refractivity contribution is 4.93. The summed E-state index contributed by atoms with van der Waals surface area (Å²) < 4.78 is 0. The lowest BCUT2D eigenvalue weighted by Gasteiger charge is -2.40. The number of likely N-dealkylation sites (N-methyl/N-ethyl adjacent to an activating group) is 1. The zero-order chi connectivity index (χ0) is 9.19. The van der Waals surface area contributed by atoms with Gasteiger partial charge >= 0.3 is 0 Å². The third kappa shape index (κ3) is 1.64. The minimum absolute atomic E-state index is 0.233. The van der Waals surface area contributed by atoms with Crippen LogP contribution in [0.3, 0.4) is 0 Å². The van der Waals surface area contributed by atoms with E-state index in [1.165, 1.54) is 25.7 Å². The molecular weight excluding hydrogens is 148 g/mol. The number of rotatable bonds is 3. The van der Waals surface area contributed by atoms with E-state index in [1.54, 1.807) is 0 Å². The third-order valence-corrected chi connectivity index (χ3v) is 3.67. The van der Waals surface area contributed by atoms with E-state index >= 15 is 0 Å². The van der Waals surface area contributed by atoms with Gasteiger partial charge in [0.2, 0.25) is 0 Å². The molecule has 0 saturated heterocycles. The largest absolute Gasteiger partial charge is 0.329 e. The fourth-order valence-corrected chi connectivity index (χ4v) is 2.26. The second kappa shape index (κ2) is 3.75. The van der Waals surface area contributed by atoms with E-state index < -0.39 is 0 Å². The molecule has 2 nitrogen and oxygen atoms in total. The van der Waals surface area contributed by atoms with Gasteiger partial charge in [0.05, 0.1) is 0 Å². The predicted molar refractivity (Wildman–Crippen MR) is 53.1 cm³/mol. The van der Waals surface area contributed by atoms with Crippen molar-refractivity contribution in [3.63, 3.8) is 0 Å². The van der Waals surface area contributed by atoms with E-state index in [9.17, 15) is 0 Å². The first-order valence-corrected chi connectivity index (χ1v) is 4.99. The van der Waals surface area contributed by atoms with Crippen molar-refractivity contribution in [2.75, 3.05) is 20.6 Å². The number of nitrogens with two attached hydrogens (primary N) is 1. The zero-order valence-electron chi connectivity index (χ0n) is 8.64. The van der Waals surface area contributed by atoms with E-state index in [2.05, 4.69) is 25.9 Å². The van der Waals surface area contributed by atoms with Gasteiger partial charge in [-0.2, -0.15) is 0 Å². The highest BCUT2D eigenvalue weighted by Crippen LogP contribution is 2.35. The molecule has 1 aliphatic rings. The molecule has 72 valence electrons. The van der Waals surface area contributed by atoms with E-state index in [4.69, 9.17) is 5.73 Å². The van der Waals surface area contributed by atoms with E-state index in [1.807, 2.05) is 0 Å². The van der Waals surface area contributed by atoms with Gasteiger partial charge in [-0.05, 0) is 39.8 Å². The molecule has 1 fully saturated rings. The molecule has 2 heteroatoms. The smallest absolute Gasteiger partial charge is 0.0325 e. The van der Waals surface area contributed by atoms with Crippen LogP contribution in [-0.4, -0.2) is 31.1 Å². The molecule has 0 heterocycles. The van der Waals surface area contributed by atoms with Crippen LogP contribution in [0.2, 0.25) is 0 Å². The van der Waals surface area contributed by atoms with Crippen molar-refractivity contribution in [3.8, 4) is 0 Å². The molecule has 1 rings (SSSR count). The Morgan fingerprint density at radius 2 is 1.83 bits per heavy atom. The maximum absolute atomic E-state index is 5.85. The van der Waals surface area contributed by atoms with E-state index in [-0.39, 0.29) is 5.54 Å². The van der Waals surface area contributed by atoms with Crippen LogP contribution >= 0.6 is 0 Å². The van der Waals surface area contributed by atoms with Crippen molar-refractivity contribution in [1.82, 2.24) is 4.90 Å². The van der Waals surface area contributed by atoms with Crippen molar-refractivity contribution in [3.05, 3.63) is 0 Å². The van der Waals surface area contributed by atoms with Gasteiger partial charge in [0.15, 0.2) is 0 Å². The molecule has 0 amide bonds. The Morgan fingerprint density at radius 3 is 2.17 bits per heavy atom. The summed E-state index contributed by atoms with van der Waals surface area (Å²) in [5.74, 6) is 0.817. The van der Waals surface area contributed by atoms with Crippen LogP contribution in [0.1, 0.15) is 32.6 Å². The Balaban J connectivity index is 2.64. The first kappa shape index (κ1) is 10.0. The van der Waals surface area contributed by atoms with Crippen molar-refractivity contribution >= 4 is 0 Å². The van der Waals surface area contributed by atoms with Gasteiger partial charge in [-0.25, -0.2) is 0 Å². The Labute approximate surface area is 76.1 Å². The standard InChI is InChI=1S/C10H22N2/c1-10(8-11,12(2)3)9-6-4-5-7-9/h9H,4-8,11H2,1-3H3. The molecule has 1 unspecified atom stereocenters. The molecular formula is C10H22N2. The van der Waals surface area contributed by atoms with Gasteiger partial charge in [0, 0.05) is 12.1 Å². The minimum Gasteiger partial charge on any atom is -0.329 e. The number of nitrogens with zero attached hydrogens (tertiary/aromatic N) is 1. The first-order valence-electron chi connectivity index (χ1n) is 4.99. The fourth-order valence-electron chi connectivity index (χ4n) is 2.26. The van der Waals surface area contributed by atoms with Crippen molar-refractivity contribution in [2.24, 2.45) is 11.7 Å². The lowest BCUT2D eigenvalue weighted by molar-refractivity contribution is 0.107. The first-order chi connectivity index (χ1) is 5.61. The van der Waals surface area contributed by atoms with Gasteiger partial charge in [-0.1, -0.05) is 12.8 Å². The van der Waals surface area contributed by atoms with Crippen LogP contribution in [-0.2, 0) is 0 Å². The molecule has 0 spiro atoms. The fraction of sp³-hybridized carbons (Fsp3) is 1.00. The highest BCUT2D eigenvalue weighted by atomic mass is 15.2. The SMILES string of the molecule is CN(C)C(C)(CN)C1CCCC1. The maximum Gasteiger partial charge on any atom is 0.0325 e. The molecule has 1 saturated carbocycles.